The number of imidazole rings is 2. The first-order valence-electron chi connectivity index (χ1n) is 7.73. The fourth-order valence-corrected chi connectivity index (χ4v) is 3.26. The predicted octanol–water partition coefficient (Wildman–Crippen LogP) is 3.19. The Kier molecular flexibility index (Phi) is 3.82. The SMILES string of the molecule is C=CCn1c(C2CCCC2)nc(-c2cncn2CC)c1N. The topological polar surface area (TPSA) is 61.7 Å². The Bertz CT molecular complexity index is 631. The maximum absolute atomic E-state index is 6.38. The summed E-state index contributed by atoms with van der Waals surface area (Å²) in [5.74, 6) is 2.37. The van der Waals surface area contributed by atoms with E-state index in [0.29, 0.717) is 12.5 Å². The average molecular weight is 285 g/mol. The van der Waals surface area contributed by atoms with Crippen LogP contribution in [0.2, 0.25) is 0 Å². The number of nitrogens with zero attached hydrogens (tertiary/aromatic N) is 4. The van der Waals surface area contributed by atoms with Crippen LogP contribution in [0.3, 0.4) is 0 Å². The number of aromatic nitrogens is 4. The summed E-state index contributed by atoms with van der Waals surface area (Å²) in [6.07, 6.45) is 10.6. The number of anilines is 1. The Morgan fingerprint density at radius 1 is 1.43 bits per heavy atom. The van der Waals surface area contributed by atoms with Crippen LogP contribution in [0.15, 0.2) is 25.2 Å². The van der Waals surface area contributed by atoms with Gasteiger partial charge >= 0.3 is 0 Å². The summed E-state index contributed by atoms with van der Waals surface area (Å²) < 4.78 is 4.20. The maximum atomic E-state index is 6.38. The molecule has 0 atom stereocenters. The van der Waals surface area contributed by atoms with Crippen LogP contribution in [-0.4, -0.2) is 19.1 Å². The van der Waals surface area contributed by atoms with Crippen LogP contribution in [0.5, 0.6) is 0 Å². The lowest BCUT2D eigenvalue weighted by molar-refractivity contribution is 0.618. The third-order valence-corrected chi connectivity index (χ3v) is 4.36. The number of allylic oxidation sites excluding steroid dienone is 1. The Morgan fingerprint density at radius 3 is 2.86 bits per heavy atom. The molecule has 21 heavy (non-hydrogen) atoms. The van der Waals surface area contributed by atoms with Gasteiger partial charge in [0.15, 0.2) is 0 Å². The number of hydrogen-bond donors (Lipinski definition) is 1. The van der Waals surface area contributed by atoms with E-state index in [2.05, 4.69) is 27.6 Å². The summed E-state index contributed by atoms with van der Waals surface area (Å²) in [6.45, 7) is 7.52. The van der Waals surface area contributed by atoms with Crippen molar-refractivity contribution in [3.8, 4) is 11.4 Å². The highest BCUT2D eigenvalue weighted by Gasteiger charge is 2.26. The fraction of sp³-hybridized carbons (Fsp3) is 0.500. The number of nitrogens with two attached hydrogens (primary N) is 1. The van der Waals surface area contributed by atoms with Crippen LogP contribution in [0.25, 0.3) is 11.4 Å². The first-order valence-corrected chi connectivity index (χ1v) is 7.73. The van der Waals surface area contributed by atoms with E-state index in [0.717, 1.165) is 29.6 Å². The van der Waals surface area contributed by atoms with Gasteiger partial charge in [-0.1, -0.05) is 18.9 Å². The molecular weight excluding hydrogens is 262 g/mol. The second-order valence-corrected chi connectivity index (χ2v) is 5.65. The van der Waals surface area contributed by atoms with E-state index in [-0.39, 0.29) is 0 Å². The Labute approximate surface area is 125 Å². The molecule has 2 heterocycles. The largest absolute Gasteiger partial charge is 0.383 e. The van der Waals surface area contributed by atoms with Gasteiger partial charge in [-0.25, -0.2) is 9.97 Å². The van der Waals surface area contributed by atoms with Gasteiger partial charge in [0.05, 0.1) is 18.2 Å². The predicted molar refractivity (Wildman–Crippen MR) is 84.9 cm³/mol. The summed E-state index contributed by atoms with van der Waals surface area (Å²) in [6, 6.07) is 0. The van der Waals surface area contributed by atoms with Crippen molar-refractivity contribution in [3.05, 3.63) is 31.0 Å². The summed E-state index contributed by atoms with van der Waals surface area (Å²) in [5.41, 5.74) is 8.24. The normalized spacial score (nSPS) is 15.7. The molecule has 0 aromatic carbocycles. The molecular formula is C16H23N5. The Morgan fingerprint density at radius 2 is 2.19 bits per heavy atom. The van der Waals surface area contributed by atoms with Crippen molar-refractivity contribution in [1.29, 1.82) is 0 Å². The van der Waals surface area contributed by atoms with Gasteiger partial charge in [0.2, 0.25) is 0 Å². The molecule has 1 saturated carbocycles. The molecule has 1 aliphatic carbocycles. The molecule has 0 aliphatic heterocycles. The Hall–Kier alpha value is -2.04. The smallest absolute Gasteiger partial charge is 0.133 e. The van der Waals surface area contributed by atoms with Crippen LogP contribution in [0, 0.1) is 0 Å². The standard InChI is InChI=1S/C16H23N5/c1-3-9-21-15(17)14(13-10-18-11-20(13)4-2)19-16(21)12-7-5-6-8-12/h3,10-12H,1,4-9,17H2,2H3. The van der Waals surface area contributed by atoms with Gasteiger partial charge in [0.1, 0.15) is 17.3 Å². The molecule has 0 bridgehead atoms. The highest BCUT2D eigenvalue weighted by Crippen LogP contribution is 2.37. The summed E-state index contributed by atoms with van der Waals surface area (Å²) >= 11 is 0. The van der Waals surface area contributed by atoms with Gasteiger partial charge in [0, 0.05) is 19.0 Å². The molecule has 0 amide bonds. The van der Waals surface area contributed by atoms with Crippen LogP contribution in [-0.2, 0) is 13.1 Å². The fourth-order valence-electron chi connectivity index (χ4n) is 3.26. The summed E-state index contributed by atoms with van der Waals surface area (Å²) in [5, 5.41) is 0. The van der Waals surface area contributed by atoms with Crippen molar-refractivity contribution in [1.82, 2.24) is 19.1 Å². The van der Waals surface area contributed by atoms with Crippen molar-refractivity contribution in [2.24, 2.45) is 0 Å². The molecule has 0 unspecified atom stereocenters. The van der Waals surface area contributed by atoms with E-state index >= 15 is 0 Å². The van der Waals surface area contributed by atoms with E-state index in [1.807, 2.05) is 18.6 Å². The minimum Gasteiger partial charge on any atom is -0.383 e. The molecule has 2 N–H and O–H groups in total. The molecule has 5 nitrogen and oxygen atoms in total. The quantitative estimate of drug-likeness (QED) is 0.858. The molecule has 1 aliphatic rings. The highest BCUT2D eigenvalue weighted by atomic mass is 15.2. The lowest BCUT2D eigenvalue weighted by atomic mass is 10.1. The maximum Gasteiger partial charge on any atom is 0.133 e. The van der Waals surface area contributed by atoms with Gasteiger partial charge in [-0.15, -0.1) is 6.58 Å². The minimum atomic E-state index is 0.527. The second-order valence-electron chi connectivity index (χ2n) is 5.65. The first-order chi connectivity index (χ1) is 10.3. The lowest BCUT2D eigenvalue weighted by Gasteiger charge is -2.11. The minimum absolute atomic E-state index is 0.527. The summed E-state index contributed by atoms with van der Waals surface area (Å²) in [4.78, 5) is 9.12. The number of nitrogen functional groups attached to an aromatic ring is 1. The molecule has 112 valence electrons. The number of aryl methyl sites for hydroxylation is 1. The van der Waals surface area contributed by atoms with Crippen LogP contribution in [0.1, 0.15) is 44.3 Å². The zero-order valence-electron chi connectivity index (χ0n) is 12.6. The average Bonchev–Trinajstić information content (AvgIpc) is 3.20. The number of rotatable bonds is 5. The van der Waals surface area contributed by atoms with Gasteiger partial charge < -0.3 is 14.9 Å². The molecule has 2 aromatic heterocycles. The molecule has 1 fully saturated rings. The monoisotopic (exact) mass is 285 g/mol. The van der Waals surface area contributed by atoms with Crippen LogP contribution in [0.4, 0.5) is 5.82 Å². The summed E-state index contributed by atoms with van der Waals surface area (Å²) in [7, 11) is 0. The van der Waals surface area contributed by atoms with E-state index in [1.165, 1.54) is 25.7 Å². The van der Waals surface area contributed by atoms with Crippen LogP contribution >= 0.6 is 0 Å². The molecule has 5 heteroatoms. The van der Waals surface area contributed by atoms with E-state index in [9.17, 15) is 0 Å². The third-order valence-electron chi connectivity index (χ3n) is 4.36. The van der Waals surface area contributed by atoms with Gasteiger partial charge in [-0.05, 0) is 19.8 Å². The van der Waals surface area contributed by atoms with E-state index in [4.69, 9.17) is 10.7 Å². The lowest BCUT2D eigenvalue weighted by Crippen LogP contribution is -2.08. The van der Waals surface area contributed by atoms with Gasteiger partial charge in [-0.3, -0.25) is 0 Å². The third kappa shape index (κ3) is 2.37. The zero-order valence-corrected chi connectivity index (χ0v) is 12.6. The second kappa shape index (κ2) is 5.76. The van der Waals surface area contributed by atoms with Crippen LogP contribution < -0.4 is 5.73 Å². The number of hydrogen-bond acceptors (Lipinski definition) is 3. The van der Waals surface area contributed by atoms with Gasteiger partial charge in [-0.2, -0.15) is 0 Å². The van der Waals surface area contributed by atoms with Crippen molar-refractivity contribution in [2.75, 3.05) is 5.73 Å². The highest BCUT2D eigenvalue weighted by molar-refractivity contribution is 5.68. The molecule has 0 saturated heterocycles. The van der Waals surface area contributed by atoms with E-state index < -0.39 is 0 Å². The zero-order chi connectivity index (χ0) is 14.8. The Balaban J connectivity index is 2.09. The molecule has 2 aromatic rings. The molecule has 3 rings (SSSR count). The first kappa shape index (κ1) is 13.9. The molecule has 0 radical (unpaired) electrons. The van der Waals surface area contributed by atoms with Crippen molar-refractivity contribution < 1.29 is 0 Å². The van der Waals surface area contributed by atoms with Crippen molar-refractivity contribution in [3.63, 3.8) is 0 Å². The van der Waals surface area contributed by atoms with Gasteiger partial charge in [0.25, 0.3) is 0 Å². The van der Waals surface area contributed by atoms with Crippen molar-refractivity contribution >= 4 is 5.82 Å². The van der Waals surface area contributed by atoms with Crippen molar-refractivity contribution in [2.45, 2.75) is 51.6 Å². The van der Waals surface area contributed by atoms with E-state index in [1.54, 1.807) is 0 Å². The molecule has 0 spiro atoms.